The van der Waals surface area contributed by atoms with E-state index in [1.165, 1.54) is 0 Å². The van der Waals surface area contributed by atoms with Crippen molar-refractivity contribution >= 4 is 5.97 Å². The number of likely N-dealkylation sites (N-methyl/N-ethyl adjacent to an activating group) is 1. The van der Waals surface area contributed by atoms with Crippen molar-refractivity contribution in [3.05, 3.63) is 0 Å². The zero-order valence-corrected chi connectivity index (χ0v) is 10.5. The summed E-state index contributed by atoms with van der Waals surface area (Å²) in [7, 11) is 1.69. The molecule has 0 aromatic carbocycles. The van der Waals surface area contributed by atoms with E-state index in [4.69, 9.17) is 5.11 Å². The Morgan fingerprint density at radius 1 is 1.53 bits per heavy atom. The number of nitrogens with one attached hydrogen (secondary N) is 1. The van der Waals surface area contributed by atoms with Gasteiger partial charge in [0.15, 0.2) is 0 Å². The second-order valence-corrected chi connectivity index (χ2v) is 4.36. The minimum Gasteiger partial charge on any atom is -0.480 e. The highest BCUT2D eigenvalue weighted by atomic mass is 16.4. The van der Waals surface area contributed by atoms with Crippen molar-refractivity contribution < 1.29 is 9.90 Å². The van der Waals surface area contributed by atoms with Crippen molar-refractivity contribution in [1.29, 1.82) is 0 Å². The fourth-order valence-electron chi connectivity index (χ4n) is 1.49. The van der Waals surface area contributed by atoms with Gasteiger partial charge in [0.2, 0.25) is 0 Å². The van der Waals surface area contributed by atoms with Crippen LogP contribution in [0.1, 0.15) is 34.1 Å². The molecule has 0 spiro atoms. The fraction of sp³-hybridized carbons (Fsp3) is 0.909. The van der Waals surface area contributed by atoms with Gasteiger partial charge in [-0.15, -0.1) is 0 Å². The van der Waals surface area contributed by atoms with Gasteiger partial charge in [0.25, 0.3) is 0 Å². The molecule has 90 valence electrons. The van der Waals surface area contributed by atoms with Crippen LogP contribution in [0.2, 0.25) is 0 Å². The molecule has 0 aromatic rings. The SMILES string of the molecule is CCN(CCC(C)(NC)C(=O)O)C(C)C. The minimum absolute atomic E-state index is 0.463. The van der Waals surface area contributed by atoms with Crippen LogP contribution < -0.4 is 5.32 Å². The van der Waals surface area contributed by atoms with Gasteiger partial charge in [0.1, 0.15) is 5.54 Å². The lowest BCUT2D eigenvalue weighted by atomic mass is 9.98. The number of hydrogen-bond acceptors (Lipinski definition) is 3. The summed E-state index contributed by atoms with van der Waals surface area (Å²) in [5, 5.41) is 11.9. The average molecular weight is 216 g/mol. The quantitative estimate of drug-likeness (QED) is 0.671. The van der Waals surface area contributed by atoms with Gasteiger partial charge in [-0.2, -0.15) is 0 Å². The van der Waals surface area contributed by atoms with E-state index in [1.807, 2.05) is 0 Å². The van der Waals surface area contributed by atoms with E-state index in [0.29, 0.717) is 12.5 Å². The number of nitrogens with zero attached hydrogens (tertiary/aromatic N) is 1. The first-order valence-electron chi connectivity index (χ1n) is 5.53. The van der Waals surface area contributed by atoms with Crippen LogP contribution in [0.25, 0.3) is 0 Å². The predicted octanol–water partition coefficient (Wildman–Crippen LogP) is 1.17. The summed E-state index contributed by atoms with van der Waals surface area (Å²) in [6, 6.07) is 0.463. The molecule has 0 radical (unpaired) electrons. The number of rotatable bonds is 7. The first kappa shape index (κ1) is 14.4. The third-order valence-corrected chi connectivity index (χ3v) is 3.06. The van der Waals surface area contributed by atoms with Crippen molar-refractivity contribution in [2.75, 3.05) is 20.1 Å². The molecule has 4 heteroatoms. The molecule has 0 saturated heterocycles. The standard InChI is InChI=1S/C11H24N2O2/c1-6-13(9(2)3)8-7-11(4,12-5)10(14)15/h9,12H,6-8H2,1-5H3,(H,14,15). The molecule has 0 aliphatic carbocycles. The van der Waals surface area contributed by atoms with Gasteiger partial charge < -0.3 is 15.3 Å². The Labute approximate surface area is 92.7 Å². The Hall–Kier alpha value is -0.610. The highest BCUT2D eigenvalue weighted by Crippen LogP contribution is 2.11. The second kappa shape index (κ2) is 6.08. The third-order valence-electron chi connectivity index (χ3n) is 3.06. The molecule has 0 bridgehead atoms. The summed E-state index contributed by atoms with van der Waals surface area (Å²) in [4.78, 5) is 13.3. The fourth-order valence-corrected chi connectivity index (χ4v) is 1.49. The average Bonchev–Trinajstić information content (AvgIpc) is 2.17. The lowest BCUT2D eigenvalue weighted by Gasteiger charge is -2.30. The molecule has 0 saturated carbocycles. The van der Waals surface area contributed by atoms with Crippen LogP contribution in [-0.2, 0) is 4.79 Å². The summed E-state index contributed by atoms with van der Waals surface area (Å²) in [6.45, 7) is 9.83. The smallest absolute Gasteiger partial charge is 0.323 e. The molecule has 0 amide bonds. The number of carbonyl (C=O) groups is 1. The van der Waals surface area contributed by atoms with Crippen LogP contribution in [0.3, 0.4) is 0 Å². The maximum atomic E-state index is 11.0. The Morgan fingerprint density at radius 2 is 2.07 bits per heavy atom. The van der Waals surface area contributed by atoms with Crippen molar-refractivity contribution in [2.45, 2.75) is 45.7 Å². The lowest BCUT2D eigenvalue weighted by molar-refractivity contribution is -0.144. The Bertz CT molecular complexity index is 207. The van der Waals surface area contributed by atoms with Gasteiger partial charge in [-0.1, -0.05) is 6.92 Å². The van der Waals surface area contributed by atoms with Crippen molar-refractivity contribution in [3.63, 3.8) is 0 Å². The van der Waals surface area contributed by atoms with Crippen LogP contribution in [0.5, 0.6) is 0 Å². The van der Waals surface area contributed by atoms with E-state index in [0.717, 1.165) is 13.1 Å². The number of carboxylic acids is 1. The molecule has 1 unspecified atom stereocenters. The van der Waals surface area contributed by atoms with Crippen LogP contribution in [0, 0.1) is 0 Å². The molecule has 0 aromatic heterocycles. The Kier molecular flexibility index (Phi) is 5.83. The first-order valence-corrected chi connectivity index (χ1v) is 5.53. The normalized spacial score (nSPS) is 15.7. The van der Waals surface area contributed by atoms with Crippen LogP contribution >= 0.6 is 0 Å². The van der Waals surface area contributed by atoms with Crippen LogP contribution in [-0.4, -0.2) is 47.7 Å². The van der Waals surface area contributed by atoms with E-state index in [9.17, 15) is 4.79 Å². The maximum Gasteiger partial charge on any atom is 0.323 e. The topological polar surface area (TPSA) is 52.6 Å². The predicted molar refractivity (Wildman–Crippen MR) is 62.1 cm³/mol. The Balaban J connectivity index is 4.27. The number of aliphatic carboxylic acids is 1. The summed E-state index contributed by atoms with van der Waals surface area (Å²) in [6.07, 6.45) is 0.616. The molecule has 0 aliphatic heterocycles. The number of hydrogen-bond donors (Lipinski definition) is 2. The van der Waals surface area contributed by atoms with Crippen molar-refractivity contribution in [1.82, 2.24) is 10.2 Å². The molecule has 1 atom stereocenters. The Morgan fingerprint density at radius 3 is 2.33 bits per heavy atom. The molecule has 0 rings (SSSR count). The van der Waals surface area contributed by atoms with Gasteiger partial charge in [0, 0.05) is 12.6 Å². The molecule has 0 aliphatic rings. The highest BCUT2D eigenvalue weighted by molar-refractivity contribution is 5.78. The van der Waals surface area contributed by atoms with Gasteiger partial charge >= 0.3 is 5.97 Å². The highest BCUT2D eigenvalue weighted by Gasteiger charge is 2.31. The van der Waals surface area contributed by atoms with Gasteiger partial charge in [0.05, 0.1) is 0 Å². The van der Waals surface area contributed by atoms with Crippen molar-refractivity contribution in [3.8, 4) is 0 Å². The number of carboxylic acid groups (broad SMARTS) is 1. The summed E-state index contributed by atoms with van der Waals surface area (Å²) < 4.78 is 0. The summed E-state index contributed by atoms with van der Waals surface area (Å²) in [5.74, 6) is -0.787. The third kappa shape index (κ3) is 4.18. The lowest BCUT2D eigenvalue weighted by Crippen LogP contribution is -2.50. The molecular weight excluding hydrogens is 192 g/mol. The van der Waals surface area contributed by atoms with Crippen molar-refractivity contribution in [2.24, 2.45) is 0 Å². The van der Waals surface area contributed by atoms with E-state index in [2.05, 4.69) is 31.0 Å². The van der Waals surface area contributed by atoms with E-state index in [1.54, 1.807) is 14.0 Å². The van der Waals surface area contributed by atoms with Gasteiger partial charge in [-0.25, -0.2) is 0 Å². The molecular formula is C11H24N2O2. The van der Waals surface area contributed by atoms with E-state index < -0.39 is 11.5 Å². The van der Waals surface area contributed by atoms with Gasteiger partial charge in [-0.05, 0) is 40.8 Å². The van der Waals surface area contributed by atoms with Crippen LogP contribution in [0.15, 0.2) is 0 Å². The molecule has 2 N–H and O–H groups in total. The van der Waals surface area contributed by atoms with E-state index >= 15 is 0 Å². The van der Waals surface area contributed by atoms with E-state index in [-0.39, 0.29) is 0 Å². The van der Waals surface area contributed by atoms with Gasteiger partial charge in [-0.3, -0.25) is 4.79 Å². The monoisotopic (exact) mass is 216 g/mol. The molecule has 4 nitrogen and oxygen atoms in total. The largest absolute Gasteiger partial charge is 0.480 e. The first-order chi connectivity index (χ1) is 6.87. The minimum atomic E-state index is -0.817. The molecule has 15 heavy (non-hydrogen) atoms. The molecule has 0 heterocycles. The maximum absolute atomic E-state index is 11.0. The second-order valence-electron chi connectivity index (χ2n) is 4.36. The zero-order chi connectivity index (χ0) is 12.1. The zero-order valence-electron chi connectivity index (χ0n) is 10.5. The summed E-state index contributed by atoms with van der Waals surface area (Å²) >= 11 is 0. The van der Waals surface area contributed by atoms with Crippen LogP contribution in [0.4, 0.5) is 0 Å². The summed E-state index contributed by atoms with van der Waals surface area (Å²) in [5.41, 5.74) is -0.817. The molecule has 0 fully saturated rings.